The number of carbonyl (C=O) groups excluding carboxylic acids is 1. The van der Waals surface area contributed by atoms with Crippen molar-refractivity contribution in [3.8, 4) is 0 Å². The minimum Gasteiger partial charge on any atom is -0.467 e. The zero-order valence-corrected chi connectivity index (χ0v) is 18.5. The third kappa shape index (κ3) is 4.44. The van der Waals surface area contributed by atoms with Crippen molar-refractivity contribution in [2.45, 2.75) is 19.5 Å². The highest BCUT2D eigenvalue weighted by Gasteiger charge is 2.18. The van der Waals surface area contributed by atoms with E-state index >= 15 is 0 Å². The van der Waals surface area contributed by atoms with Crippen LogP contribution in [0.15, 0.2) is 53.1 Å². The molecule has 0 bridgehead atoms. The van der Waals surface area contributed by atoms with E-state index in [0.29, 0.717) is 49.1 Å². The number of carbonyl (C=O) groups is 1. The summed E-state index contributed by atoms with van der Waals surface area (Å²) in [6.45, 7) is 0.323. The number of aromatic nitrogens is 2. The molecule has 0 unspecified atom stereocenters. The average molecular weight is 483 g/mol. The number of hydrogen-bond donors (Lipinski definition) is 1. The fourth-order valence-electron chi connectivity index (χ4n) is 3.14. The van der Waals surface area contributed by atoms with Crippen LogP contribution in [0.2, 0.25) is 20.1 Å². The van der Waals surface area contributed by atoms with Crippen molar-refractivity contribution in [1.82, 2.24) is 14.9 Å². The highest BCUT2D eigenvalue weighted by Crippen LogP contribution is 2.31. The second kappa shape index (κ2) is 8.90. The van der Waals surface area contributed by atoms with Crippen molar-refractivity contribution in [2.75, 3.05) is 0 Å². The number of benzene rings is 2. The monoisotopic (exact) mass is 481 g/mol. The molecule has 0 aliphatic carbocycles. The summed E-state index contributed by atoms with van der Waals surface area (Å²) in [5, 5.41) is 4.66. The number of fused-ring (bicyclic) bond motifs is 1. The van der Waals surface area contributed by atoms with Gasteiger partial charge in [-0.1, -0.05) is 52.5 Å². The average Bonchev–Trinajstić information content (AvgIpc) is 3.33. The van der Waals surface area contributed by atoms with E-state index in [9.17, 15) is 4.79 Å². The molecule has 0 radical (unpaired) electrons. The molecule has 2 aromatic carbocycles. The first-order valence-corrected chi connectivity index (χ1v) is 10.5. The van der Waals surface area contributed by atoms with Crippen LogP contribution in [0.25, 0.3) is 11.0 Å². The third-order valence-electron chi connectivity index (χ3n) is 4.61. The van der Waals surface area contributed by atoms with Gasteiger partial charge in [-0.3, -0.25) is 4.79 Å². The van der Waals surface area contributed by atoms with Crippen LogP contribution in [0, 0.1) is 0 Å². The Morgan fingerprint density at radius 3 is 2.43 bits per heavy atom. The molecular formula is C21H15Cl4N3O2. The molecule has 4 rings (SSSR count). The summed E-state index contributed by atoms with van der Waals surface area (Å²) in [5.74, 6) is 1.08. The lowest BCUT2D eigenvalue weighted by Crippen LogP contribution is -2.27. The van der Waals surface area contributed by atoms with Gasteiger partial charge in [-0.2, -0.15) is 0 Å². The maximum atomic E-state index is 12.6. The van der Waals surface area contributed by atoms with Gasteiger partial charge in [0.05, 0.1) is 33.9 Å². The summed E-state index contributed by atoms with van der Waals surface area (Å²) in [5.41, 5.74) is 2.04. The van der Waals surface area contributed by atoms with Gasteiger partial charge in [0.2, 0.25) is 5.91 Å². The first kappa shape index (κ1) is 21.1. The van der Waals surface area contributed by atoms with E-state index in [2.05, 4.69) is 10.3 Å². The quantitative estimate of drug-likeness (QED) is 0.358. The SMILES string of the molecule is O=C(Cn1c(Cc2c(Cl)cccc2Cl)nc2cc(Cl)c(Cl)cc21)NCc1ccco1. The van der Waals surface area contributed by atoms with Crippen LogP contribution in [0.4, 0.5) is 0 Å². The molecule has 0 atom stereocenters. The van der Waals surface area contributed by atoms with Gasteiger partial charge in [0, 0.05) is 16.5 Å². The van der Waals surface area contributed by atoms with Gasteiger partial charge < -0.3 is 14.3 Å². The Bertz CT molecular complexity index is 1200. The molecule has 0 aliphatic rings. The molecule has 0 aliphatic heterocycles. The second-order valence-corrected chi connectivity index (χ2v) is 8.23. The lowest BCUT2D eigenvalue weighted by atomic mass is 10.1. The van der Waals surface area contributed by atoms with Crippen LogP contribution in [0.5, 0.6) is 0 Å². The van der Waals surface area contributed by atoms with E-state index in [-0.39, 0.29) is 19.0 Å². The molecule has 0 saturated carbocycles. The number of rotatable bonds is 6. The van der Waals surface area contributed by atoms with Crippen molar-refractivity contribution in [3.63, 3.8) is 0 Å². The molecule has 0 fully saturated rings. The number of nitrogens with zero attached hydrogens (tertiary/aromatic N) is 2. The maximum Gasteiger partial charge on any atom is 0.240 e. The van der Waals surface area contributed by atoms with E-state index < -0.39 is 0 Å². The molecule has 154 valence electrons. The smallest absolute Gasteiger partial charge is 0.240 e. The Morgan fingerprint density at radius 2 is 1.73 bits per heavy atom. The first-order chi connectivity index (χ1) is 14.4. The lowest BCUT2D eigenvalue weighted by molar-refractivity contribution is -0.121. The van der Waals surface area contributed by atoms with Crippen molar-refractivity contribution in [2.24, 2.45) is 0 Å². The molecule has 5 nitrogen and oxygen atoms in total. The predicted molar refractivity (Wildman–Crippen MR) is 120 cm³/mol. The van der Waals surface area contributed by atoms with Crippen LogP contribution in [-0.2, 0) is 24.3 Å². The van der Waals surface area contributed by atoms with Crippen LogP contribution < -0.4 is 5.32 Å². The second-order valence-electron chi connectivity index (χ2n) is 6.60. The highest BCUT2D eigenvalue weighted by molar-refractivity contribution is 6.42. The standard InChI is InChI=1S/C21H15Cl4N3O2/c22-14-4-1-5-15(23)13(14)7-20-27-18-8-16(24)17(25)9-19(18)28(20)11-21(29)26-10-12-3-2-6-30-12/h1-6,8-9H,7,10-11H2,(H,26,29). The van der Waals surface area contributed by atoms with E-state index in [4.69, 9.17) is 50.8 Å². The molecule has 2 heterocycles. The molecule has 1 N–H and O–H groups in total. The zero-order chi connectivity index (χ0) is 21.3. The fourth-order valence-corrected chi connectivity index (χ4v) is 3.99. The number of hydrogen-bond acceptors (Lipinski definition) is 3. The summed E-state index contributed by atoms with van der Waals surface area (Å²) in [6.07, 6.45) is 1.90. The van der Waals surface area contributed by atoms with E-state index in [1.165, 1.54) is 0 Å². The van der Waals surface area contributed by atoms with Gasteiger partial charge in [0.1, 0.15) is 18.1 Å². The molecule has 0 saturated heterocycles. The van der Waals surface area contributed by atoms with E-state index in [0.717, 1.165) is 5.56 Å². The summed E-state index contributed by atoms with van der Waals surface area (Å²) in [6, 6.07) is 12.2. The summed E-state index contributed by atoms with van der Waals surface area (Å²) in [7, 11) is 0. The van der Waals surface area contributed by atoms with Crippen molar-refractivity contribution < 1.29 is 9.21 Å². The van der Waals surface area contributed by atoms with Gasteiger partial charge in [0.15, 0.2) is 0 Å². The normalized spacial score (nSPS) is 11.2. The fraction of sp³-hybridized carbons (Fsp3) is 0.143. The zero-order valence-electron chi connectivity index (χ0n) is 15.5. The number of amides is 1. The van der Waals surface area contributed by atoms with E-state index in [1.54, 1.807) is 53.3 Å². The third-order valence-corrected chi connectivity index (χ3v) is 6.04. The van der Waals surface area contributed by atoms with Gasteiger partial charge in [-0.05, 0) is 42.0 Å². The van der Waals surface area contributed by atoms with Crippen LogP contribution in [-0.4, -0.2) is 15.5 Å². The first-order valence-electron chi connectivity index (χ1n) is 8.98. The van der Waals surface area contributed by atoms with Crippen LogP contribution >= 0.6 is 46.4 Å². The highest BCUT2D eigenvalue weighted by atomic mass is 35.5. The minimum absolute atomic E-state index is 0.0343. The Hall–Kier alpha value is -2.18. The Morgan fingerprint density at radius 1 is 1.00 bits per heavy atom. The number of halogens is 4. The van der Waals surface area contributed by atoms with E-state index in [1.807, 2.05) is 0 Å². The van der Waals surface area contributed by atoms with Gasteiger partial charge >= 0.3 is 0 Å². The topological polar surface area (TPSA) is 60.1 Å². The van der Waals surface area contributed by atoms with Crippen LogP contribution in [0.3, 0.4) is 0 Å². The molecular weight excluding hydrogens is 468 g/mol. The molecule has 2 aromatic heterocycles. The number of furan rings is 1. The van der Waals surface area contributed by atoms with Crippen molar-refractivity contribution in [3.05, 3.63) is 86.0 Å². The summed E-state index contributed by atoms with van der Waals surface area (Å²) < 4.78 is 7.04. The minimum atomic E-state index is -0.205. The number of nitrogens with one attached hydrogen (secondary N) is 1. The van der Waals surface area contributed by atoms with Crippen molar-refractivity contribution >= 4 is 63.3 Å². The summed E-state index contributed by atoms with van der Waals surface area (Å²) >= 11 is 25.1. The maximum absolute atomic E-state index is 12.6. The molecule has 4 aromatic rings. The molecule has 1 amide bonds. The Labute approximate surface area is 192 Å². The van der Waals surface area contributed by atoms with Crippen LogP contribution in [0.1, 0.15) is 17.1 Å². The molecule has 0 spiro atoms. The predicted octanol–water partition coefficient (Wildman–Crippen LogP) is 6.15. The van der Waals surface area contributed by atoms with Gasteiger partial charge in [-0.15, -0.1) is 0 Å². The van der Waals surface area contributed by atoms with Crippen molar-refractivity contribution in [1.29, 1.82) is 0 Å². The molecule has 30 heavy (non-hydrogen) atoms. The van der Waals surface area contributed by atoms with Gasteiger partial charge in [-0.25, -0.2) is 4.98 Å². The largest absolute Gasteiger partial charge is 0.467 e. The summed E-state index contributed by atoms with van der Waals surface area (Å²) in [4.78, 5) is 17.3. The Balaban J connectivity index is 1.69. The lowest BCUT2D eigenvalue weighted by Gasteiger charge is -2.11. The molecule has 9 heteroatoms. The number of imidazole rings is 1. The Kier molecular flexibility index (Phi) is 6.25. The van der Waals surface area contributed by atoms with Gasteiger partial charge in [0.25, 0.3) is 0 Å².